The van der Waals surface area contributed by atoms with E-state index in [4.69, 9.17) is 28.5 Å². The molecule has 0 saturated heterocycles. The number of carbonyl (C=O) groups is 1. The molecule has 0 heterocycles. The SMILES string of the molecule is N#CC1(NC(=O)c2cc(Cl)c(Cl)c([N+](=O)[O-])c2)CCC1. The summed E-state index contributed by atoms with van der Waals surface area (Å²) in [4.78, 5) is 22.2. The number of rotatable bonds is 3. The maximum atomic E-state index is 12.1. The van der Waals surface area contributed by atoms with E-state index in [-0.39, 0.29) is 15.6 Å². The molecule has 1 saturated carbocycles. The predicted molar refractivity (Wildman–Crippen MR) is 72.8 cm³/mol. The number of nitriles is 1. The van der Waals surface area contributed by atoms with Crippen molar-refractivity contribution in [3.8, 4) is 6.07 Å². The fourth-order valence-corrected chi connectivity index (χ4v) is 2.32. The van der Waals surface area contributed by atoms with Crippen molar-refractivity contribution in [3.63, 3.8) is 0 Å². The topological polar surface area (TPSA) is 96.0 Å². The Morgan fingerprint density at radius 1 is 1.45 bits per heavy atom. The standard InChI is InChI=1S/C12H9Cl2N3O3/c13-8-4-7(5-9(10(8)14)17(19)20)11(18)16-12(6-15)2-1-3-12/h4-5H,1-3H2,(H,16,18). The third-order valence-electron chi connectivity index (χ3n) is 3.24. The van der Waals surface area contributed by atoms with Crippen LogP contribution in [0.1, 0.15) is 29.6 Å². The number of nitro benzene ring substituents is 1. The summed E-state index contributed by atoms with van der Waals surface area (Å²) in [5, 5.41) is 22.2. The quantitative estimate of drug-likeness (QED) is 0.685. The fourth-order valence-electron chi connectivity index (χ4n) is 1.92. The largest absolute Gasteiger partial charge is 0.334 e. The van der Waals surface area contributed by atoms with Crippen LogP contribution in [0.25, 0.3) is 0 Å². The van der Waals surface area contributed by atoms with Crippen molar-refractivity contribution in [2.75, 3.05) is 0 Å². The van der Waals surface area contributed by atoms with E-state index in [1.54, 1.807) is 0 Å². The van der Waals surface area contributed by atoms with Crippen LogP contribution in [-0.2, 0) is 0 Å². The minimum atomic E-state index is -0.877. The van der Waals surface area contributed by atoms with Gasteiger partial charge in [-0.25, -0.2) is 0 Å². The van der Waals surface area contributed by atoms with E-state index >= 15 is 0 Å². The zero-order valence-electron chi connectivity index (χ0n) is 10.2. The first-order valence-corrected chi connectivity index (χ1v) is 6.51. The molecule has 1 aliphatic carbocycles. The van der Waals surface area contributed by atoms with Crippen LogP contribution in [0.3, 0.4) is 0 Å². The van der Waals surface area contributed by atoms with Gasteiger partial charge in [0.05, 0.1) is 16.0 Å². The first kappa shape index (κ1) is 14.6. The maximum absolute atomic E-state index is 12.1. The summed E-state index contributed by atoms with van der Waals surface area (Å²) in [5.41, 5.74) is -1.31. The summed E-state index contributed by atoms with van der Waals surface area (Å²) in [6.07, 6.45) is 1.99. The number of hydrogen-bond donors (Lipinski definition) is 1. The second kappa shape index (κ2) is 5.27. The van der Waals surface area contributed by atoms with Gasteiger partial charge in [-0.2, -0.15) is 5.26 Å². The van der Waals surface area contributed by atoms with Crippen molar-refractivity contribution in [1.29, 1.82) is 5.26 Å². The Labute approximate surface area is 124 Å². The van der Waals surface area contributed by atoms with E-state index in [1.165, 1.54) is 6.07 Å². The van der Waals surface area contributed by atoms with Crippen LogP contribution in [0.15, 0.2) is 12.1 Å². The Morgan fingerprint density at radius 3 is 2.55 bits per heavy atom. The summed E-state index contributed by atoms with van der Waals surface area (Å²) in [6.45, 7) is 0. The number of nitrogens with zero attached hydrogens (tertiary/aromatic N) is 2. The van der Waals surface area contributed by atoms with E-state index in [2.05, 4.69) is 11.4 Å². The van der Waals surface area contributed by atoms with Gasteiger partial charge in [0, 0.05) is 11.6 Å². The third-order valence-corrected chi connectivity index (χ3v) is 4.03. The number of nitro groups is 1. The lowest BCUT2D eigenvalue weighted by Gasteiger charge is -2.35. The first-order valence-electron chi connectivity index (χ1n) is 5.76. The van der Waals surface area contributed by atoms with Crippen molar-refractivity contribution in [1.82, 2.24) is 5.32 Å². The third kappa shape index (κ3) is 2.55. The number of hydrogen-bond acceptors (Lipinski definition) is 4. The highest BCUT2D eigenvalue weighted by atomic mass is 35.5. The van der Waals surface area contributed by atoms with Gasteiger partial charge < -0.3 is 5.32 Å². The Bertz CT molecular complexity index is 636. The van der Waals surface area contributed by atoms with Gasteiger partial charge in [-0.3, -0.25) is 14.9 Å². The van der Waals surface area contributed by atoms with Crippen molar-refractivity contribution in [2.24, 2.45) is 0 Å². The Hall–Kier alpha value is -1.84. The Morgan fingerprint density at radius 2 is 2.10 bits per heavy atom. The number of carbonyl (C=O) groups excluding carboxylic acids is 1. The lowest BCUT2D eigenvalue weighted by molar-refractivity contribution is -0.384. The molecule has 1 aliphatic rings. The minimum Gasteiger partial charge on any atom is -0.334 e. The number of benzene rings is 1. The highest BCUT2D eigenvalue weighted by molar-refractivity contribution is 6.43. The fraction of sp³-hybridized carbons (Fsp3) is 0.333. The molecule has 1 N–H and O–H groups in total. The molecule has 0 bridgehead atoms. The van der Waals surface area contributed by atoms with Crippen LogP contribution in [0.2, 0.25) is 10.0 Å². The zero-order chi connectivity index (χ0) is 14.9. The van der Waals surface area contributed by atoms with E-state index in [0.717, 1.165) is 12.5 Å². The molecule has 0 aromatic heterocycles. The number of amides is 1. The first-order chi connectivity index (χ1) is 9.38. The summed E-state index contributed by atoms with van der Waals surface area (Å²) in [5.74, 6) is -0.576. The minimum absolute atomic E-state index is 0.00706. The van der Waals surface area contributed by atoms with Crippen LogP contribution in [0.4, 0.5) is 5.69 Å². The van der Waals surface area contributed by atoms with Gasteiger partial charge in [0.15, 0.2) is 0 Å². The highest BCUT2D eigenvalue weighted by Crippen LogP contribution is 2.34. The van der Waals surface area contributed by atoms with Gasteiger partial charge in [-0.1, -0.05) is 23.2 Å². The second-order valence-electron chi connectivity index (χ2n) is 4.55. The van der Waals surface area contributed by atoms with Crippen LogP contribution >= 0.6 is 23.2 Å². The van der Waals surface area contributed by atoms with Crippen molar-refractivity contribution >= 4 is 34.8 Å². The van der Waals surface area contributed by atoms with Crippen molar-refractivity contribution in [2.45, 2.75) is 24.8 Å². The molecular formula is C12H9Cl2N3O3. The maximum Gasteiger partial charge on any atom is 0.290 e. The van der Waals surface area contributed by atoms with Crippen molar-refractivity contribution < 1.29 is 9.72 Å². The Kier molecular flexibility index (Phi) is 3.84. The lowest BCUT2D eigenvalue weighted by Crippen LogP contribution is -2.52. The van der Waals surface area contributed by atoms with Crippen molar-refractivity contribution in [3.05, 3.63) is 37.9 Å². The van der Waals surface area contributed by atoms with Crippen LogP contribution in [0.5, 0.6) is 0 Å². The van der Waals surface area contributed by atoms with Crippen LogP contribution in [-0.4, -0.2) is 16.4 Å². The molecule has 20 heavy (non-hydrogen) atoms. The van der Waals surface area contributed by atoms with E-state index < -0.39 is 22.1 Å². The summed E-state index contributed by atoms with van der Waals surface area (Å²) in [7, 11) is 0. The van der Waals surface area contributed by atoms with E-state index in [1.807, 2.05) is 0 Å². The van der Waals surface area contributed by atoms with Gasteiger partial charge in [-0.05, 0) is 25.3 Å². The normalized spacial score (nSPS) is 15.8. The molecule has 1 fully saturated rings. The van der Waals surface area contributed by atoms with Gasteiger partial charge >= 0.3 is 0 Å². The second-order valence-corrected chi connectivity index (χ2v) is 5.34. The van der Waals surface area contributed by atoms with Gasteiger partial charge in [0.25, 0.3) is 11.6 Å². The lowest BCUT2D eigenvalue weighted by atomic mass is 9.78. The molecule has 0 aliphatic heterocycles. The molecule has 0 radical (unpaired) electrons. The molecule has 1 aromatic carbocycles. The smallest absolute Gasteiger partial charge is 0.290 e. The molecule has 0 atom stereocenters. The monoisotopic (exact) mass is 313 g/mol. The van der Waals surface area contributed by atoms with E-state index in [0.29, 0.717) is 12.8 Å². The highest BCUT2D eigenvalue weighted by Gasteiger charge is 2.39. The number of nitrogens with one attached hydrogen (secondary N) is 1. The molecule has 2 rings (SSSR count). The average molecular weight is 314 g/mol. The van der Waals surface area contributed by atoms with Gasteiger partial charge in [0.2, 0.25) is 0 Å². The Balaban J connectivity index is 2.31. The number of halogens is 2. The van der Waals surface area contributed by atoms with Gasteiger partial charge in [0.1, 0.15) is 10.6 Å². The molecular weight excluding hydrogens is 305 g/mol. The summed E-state index contributed by atoms with van der Waals surface area (Å²) >= 11 is 11.5. The molecule has 1 amide bonds. The van der Waals surface area contributed by atoms with Crippen LogP contribution < -0.4 is 5.32 Å². The molecule has 8 heteroatoms. The molecule has 0 unspecified atom stereocenters. The molecule has 6 nitrogen and oxygen atoms in total. The molecule has 0 spiro atoms. The zero-order valence-corrected chi connectivity index (χ0v) is 11.7. The summed E-state index contributed by atoms with van der Waals surface area (Å²) < 4.78 is 0. The van der Waals surface area contributed by atoms with Gasteiger partial charge in [-0.15, -0.1) is 0 Å². The molecule has 1 aromatic rings. The summed E-state index contributed by atoms with van der Waals surface area (Å²) in [6, 6.07) is 4.35. The van der Waals surface area contributed by atoms with Crippen LogP contribution in [0, 0.1) is 21.4 Å². The average Bonchev–Trinajstić information content (AvgIpc) is 2.36. The molecule has 104 valence electrons. The predicted octanol–water partition coefficient (Wildman–Crippen LogP) is 3.08. The van der Waals surface area contributed by atoms with E-state index in [9.17, 15) is 14.9 Å².